The van der Waals surface area contributed by atoms with E-state index >= 15 is 0 Å². The smallest absolute Gasteiger partial charge is 0.0648 e. The zero-order chi connectivity index (χ0) is 10.6. The highest BCUT2D eigenvalue weighted by Gasteiger charge is 2.04. The molecule has 14 heavy (non-hydrogen) atoms. The van der Waals surface area contributed by atoms with Crippen molar-refractivity contribution >= 4 is 39.9 Å². The first-order chi connectivity index (χ1) is 6.63. The van der Waals surface area contributed by atoms with E-state index in [1.165, 1.54) is 0 Å². The number of benzene rings is 1. The summed E-state index contributed by atoms with van der Waals surface area (Å²) in [6.07, 6.45) is 0.475. The Hall–Kier alpha value is -0.470. The van der Waals surface area contributed by atoms with Crippen LogP contribution >= 0.6 is 34.2 Å². The highest BCUT2D eigenvalue weighted by Crippen LogP contribution is 2.24. The lowest BCUT2D eigenvalue weighted by Gasteiger charge is -2.13. The lowest BCUT2D eigenvalue weighted by atomic mass is 10.2. The maximum Gasteiger partial charge on any atom is 0.0648 e. The number of nitrogens with zero attached hydrogens (tertiary/aromatic N) is 1. The minimum atomic E-state index is 0.123. The summed E-state index contributed by atoms with van der Waals surface area (Å²) in [6, 6.07) is 8.04. The molecule has 0 heterocycles. The Morgan fingerprint density at radius 1 is 1.64 bits per heavy atom. The summed E-state index contributed by atoms with van der Waals surface area (Å²) in [5, 5.41) is 12.4. The lowest BCUT2D eigenvalue weighted by Crippen LogP contribution is -2.14. The molecular formula is C10H10ClIN2. The van der Waals surface area contributed by atoms with Crippen LogP contribution in [0.5, 0.6) is 0 Å². The van der Waals surface area contributed by atoms with Crippen LogP contribution in [0.3, 0.4) is 0 Å². The second-order valence-corrected chi connectivity index (χ2v) is 4.68. The largest absolute Gasteiger partial charge is 0.380 e. The minimum absolute atomic E-state index is 0.123. The van der Waals surface area contributed by atoms with Gasteiger partial charge in [-0.2, -0.15) is 5.26 Å². The Labute approximate surface area is 102 Å². The van der Waals surface area contributed by atoms with E-state index in [0.717, 1.165) is 9.26 Å². The average Bonchev–Trinajstić information content (AvgIpc) is 2.10. The van der Waals surface area contributed by atoms with Crippen LogP contribution in [0, 0.1) is 14.9 Å². The van der Waals surface area contributed by atoms with Crippen molar-refractivity contribution in [1.29, 1.82) is 5.26 Å². The fourth-order valence-corrected chi connectivity index (χ4v) is 1.97. The number of hydrogen-bond donors (Lipinski definition) is 1. The Balaban J connectivity index is 2.73. The SMILES string of the molecule is CC(CC#N)Nc1ccc(I)cc1Cl. The van der Waals surface area contributed by atoms with E-state index in [1.807, 2.05) is 25.1 Å². The molecule has 2 nitrogen and oxygen atoms in total. The van der Waals surface area contributed by atoms with Crippen molar-refractivity contribution in [1.82, 2.24) is 0 Å². The molecule has 0 amide bonds. The summed E-state index contributed by atoms with van der Waals surface area (Å²) in [7, 11) is 0. The number of halogens is 2. The molecule has 1 unspecified atom stereocenters. The predicted molar refractivity (Wildman–Crippen MR) is 67.5 cm³/mol. The molecule has 0 bridgehead atoms. The summed E-state index contributed by atoms with van der Waals surface area (Å²) >= 11 is 8.23. The second-order valence-electron chi connectivity index (χ2n) is 3.03. The predicted octanol–water partition coefficient (Wildman–Crippen LogP) is 3.66. The molecule has 1 aromatic rings. The van der Waals surface area contributed by atoms with Crippen LogP contribution in [0.4, 0.5) is 5.69 Å². The molecule has 1 N–H and O–H groups in total. The van der Waals surface area contributed by atoms with Gasteiger partial charge in [-0.1, -0.05) is 11.6 Å². The van der Waals surface area contributed by atoms with E-state index in [-0.39, 0.29) is 6.04 Å². The number of rotatable bonds is 3. The molecule has 1 aromatic carbocycles. The molecule has 1 atom stereocenters. The van der Waals surface area contributed by atoms with Crippen LogP contribution in [0.15, 0.2) is 18.2 Å². The average molecular weight is 321 g/mol. The van der Waals surface area contributed by atoms with Crippen LogP contribution < -0.4 is 5.32 Å². The zero-order valence-corrected chi connectivity index (χ0v) is 10.6. The van der Waals surface area contributed by atoms with Gasteiger partial charge >= 0.3 is 0 Å². The minimum Gasteiger partial charge on any atom is -0.380 e. The van der Waals surface area contributed by atoms with Crippen molar-refractivity contribution in [3.05, 3.63) is 26.8 Å². The van der Waals surface area contributed by atoms with Gasteiger partial charge in [0.1, 0.15) is 0 Å². The standard InChI is InChI=1S/C10H10ClIN2/c1-7(4-5-13)14-10-3-2-8(12)6-9(10)11/h2-3,6-7,14H,4H2,1H3. The maximum atomic E-state index is 8.50. The molecule has 0 spiro atoms. The number of nitriles is 1. The van der Waals surface area contributed by atoms with Gasteiger partial charge in [-0.3, -0.25) is 0 Å². The number of nitrogens with one attached hydrogen (secondary N) is 1. The summed E-state index contributed by atoms with van der Waals surface area (Å²) in [5.41, 5.74) is 0.884. The van der Waals surface area contributed by atoms with E-state index < -0.39 is 0 Å². The third-order valence-electron chi connectivity index (χ3n) is 1.73. The normalized spacial score (nSPS) is 11.9. The van der Waals surface area contributed by atoms with Crippen molar-refractivity contribution in [3.8, 4) is 6.07 Å². The van der Waals surface area contributed by atoms with E-state index in [4.69, 9.17) is 16.9 Å². The molecule has 0 aliphatic heterocycles. The first-order valence-corrected chi connectivity index (χ1v) is 5.67. The third-order valence-corrected chi connectivity index (χ3v) is 2.71. The van der Waals surface area contributed by atoms with E-state index in [9.17, 15) is 0 Å². The highest BCUT2D eigenvalue weighted by molar-refractivity contribution is 14.1. The van der Waals surface area contributed by atoms with Gasteiger partial charge in [-0.05, 0) is 47.7 Å². The molecule has 0 saturated heterocycles. The fourth-order valence-electron chi connectivity index (χ4n) is 1.06. The van der Waals surface area contributed by atoms with Crippen LogP contribution in [-0.2, 0) is 0 Å². The van der Waals surface area contributed by atoms with Crippen LogP contribution in [0.1, 0.15) is 13.3 Å². The molecule has 74 valence electrons. The van der Waals surface area contributed by atoms with Crippen LogP contribution in [-0.4, -0.2) is 6.04 Å². The van der Waals surface area contributed by atoms with Gasteiger partial charge in [-0.25, -0.2) is 0 Å². The second kappa shape index (κ2) is 5.42. The van der Waals surface area contributed by atoms with Crippen molar-refractivity contribution in [3.63, 3.8) is 0 Å². The summed E-state index contributed by atoms with van der Waals surface area (Å²) in [5.74, 6) is 0. The summed E-state index contributed by atoms with van der Waals surface area (Å²) in [6.45, 7) is 1.96. The van der Waals surface area contributed by atoms with E-state index in [1.54, 1.807) is 0 Å². The van der Waals surface area contributed by atoms with Gasteiger partial charge in [0.15, 0.2) is 0 Å². The summed E-state index contributed by atoms with van der Waals surface area (Å²) < 4.78 is 1.10. The molecule has 0 radical (unpaired) electrons. The highest BCUT2D eigenvalue weighted by atomic mass is 127. The van der Waals surface area contributed by atoms with Crippen LogP contribution in [0.25, 0.3) is 0 Å². The molecule has 0 saturated carbocycles. The molecule has 0 aromatic heterocycles. The zero-order valence-electron chi connectivity index (χ0n) is 7.72. The summed E-state index contributed by atoms with van der Waals surface area (Å²) in [4.78, 5) is 0. The molecular weight excluding hydrogens is 310 g/mol. The van der Waals surface area contributed by atoms with Gasteiger partial charge in [0, 0.05) is 9.61 Å². The quantitative estimate of drug-likeness (QED) is 0.863. The van der Waals surface area contributed by atoms with Gasteiger partial charge in [0.25, 0.3) is 0 Å². The van der Waals surface area contributed by atoms with Crippen molar-refractivity contribution in [2.75, 3.05) is 5.32 Å². The first kappa shape index (κ1) is 11.6. The molecule has 1 rings (SSSR count). The topological polar surface area (TPSA) is 35.8 Å². The molecule has 0 aliphatic rings. The van der Waals surface area contributed by atoms with Crippen molar-refractivity contribution in [2.45, 2.75) is 19.4 Å². The first-order valence-electron chi connectivity index (χ1n) is 4.22. The molecule has 0 aliphatic carbocycles. The van der Waals surface area contributed by atoms with E-state index in [2.05, 4.69) is 34.0 Å². The lowest BCUT2D eigenvalue weighted by molar-refractivity contribution is 0.821. The number of hydrogen-bond acceptors (Lipinski definition) is 2. The fraction of sp³-hybridized carbons (Fsp3) is 0.300. The Morgan fingerprint density at radius 3 is 2.93 bits per heavy atom. The van der Waals surface area contributed by atoms with Crippen molar-refractivity contribution < 1.29 is 0 Å². The Morgan fingerprint density at radius 2 is 2.36 bits per heavy atom. The Kier molecular flexibility index (Phi) is 4.49. The van der Waals surface area contributed by atoms with Gasteiger partial charge < -0.3 is 5.32 Å². The Bertz CT molecular complexity index is 360. The maximum absolute atomic E-state index is 8.50. The number of anilines is 1. The van der Waals surface area contributed by atoms with Crippen LogP contribution in [0.2, 0.25) is 5.02 Å². The van der Waals surface area contributed by atoms with Gasteiger partial charge in [0.2, 0.25) is 0 Å². The van der Waals surface area contributed by atoms with Gasteiger partial charge in [0.05, 0.1) is 23.2 Å². The monoisotopic (exact) mass is 320 g/mol. The third kappa shape index (κ3) is 3.35. The molecule has 4 heteroatoms. The van der Waals surface area contributed by atoms with E-state index in [0.29, 0.717) is 11.4 Å². The van der Waals surface area contributed by atoms with Crippen molar-refractivity contribution in [2.24, 2.45) is 0 Å². The molecule has 0 fully saturated rings. The van der Waals surface area contributed by atoms with Gasteiger partial charge in [-0.15, -0.1) is 0 Å².